The van der Waals surface area contributed by atoms with Crippen LogP contribution in [0.1, 0.15) is 5.56 Å². The number of aryl methyl sites for hydroxylation is 1. The third-order valence-corrected chi connectivity index (χ3v) is 2.60. The molecule has 15 heavy (non-hydrogen) atoms. The molecular formula is C10H9BrClN3. The number of pyridine rings is 1. The van der Waals surface area contributed by atoms with Crippen molar-refractivity contribution in [2.45, 2.75) is 6.42 Å². The summed E-state index contributed by atoms with van der Waals surface area (Å²) in [4.78, 5) is 4.08. The molecule has 78 valence electrons. The summed E-state index contributed by atoms with van der Waals surface area (Å²) in [6.45, 7) is 0. The molecule has 0 saturated carbocycles. The minimum Gasteiger partial charge on any atom is -0.261 e. The van der Waals surface area contributed by atoms with Gasteiger partial charge in [0.1, 0.15) is 0 Å². The Labute approximate surface area is 101 Å². The van der Waals surface area contributed by atoms with Crippen molar-refractivity contribution in [1.29, 1.82) is 0 Å². The minimum atomic E-state index is 0.614. The van der Waals surface area contributed by atoms with Crippen molar-refractivity contribution in [3.05, 3.63) is 40.9 Å². The van der Waals surface area contributed by atoms with Crippen LogP contribution in [0, 0.1) is 0 Å². The smallest absolute Gasteiger partial charge is 0.0840 e. The highest BCUT2D eigenvalue weighted by Gasteiger charge is 2.01. The van der Waals surface area contributed by atoms with Crippen molar-refractivity contribution in [2.24, 2.45) is 0 Å². The van der Waals surface area contributed by atoms with Crippen molar-refractivity contribution >= 4 is 27.5 Å². The first-order valence-electron chi connectivity index (χ1n) is 4.50. The van der Waals surface area contributed by atoms with Gasteiger partial charge in [-0.05, 0) is 34.0 Å². The molecule has 0 radical (unpaired) electrons. The molecule has 0 aliphatic heterocycles. The Morgan fingerprint density at radius 1 is 1.33 bits per heavy atom. The van der Waals surface area contributed by atoms with Crippen LogP contribution in [-0.2, 0) is 6.42 Å². The van der Waals surface area contributed by atoms with E-state index < -0.39 is 0 Å². The highest BCUT2D eigenvalue weighted by atomic mass is 79.9. The van der Waals surface area contributed by atoms with Crippen molar-refractivity contribution in [3.63, 3.8) is 0 Å². The molecule has 3 nitrogen and oxygen atoms in total. The quantitative estimate of drug-likeness (QED) is 0.812. The van der Waals surface area contributed by atoms with E-state index in [0.717, 1.165) is 22.1 Å². The molecule has 0 spiro atoms. The summed E-state index contributed by atoms with van der Waals surface area (Å²) in [6.07, 6.45) is 8.13. The molecule has 0 fully saturated rings. The lowest BCUT2D eigenvalue weighted by molar-refractivity contribution is 0.872. The van der Waals surface area contributed by atoms with E-state index in [1.165, 1.54) is 0 Å². The Hall–Kier alpha value is -0.870. The van der Waals surface area contributed by atoms with E-state index in [-0.39, 0.29) is 0 Å². The predicted octanol–water partition coefficient (Wildman–Crippen LogP) is 2.81. The van der Waals surface area contributed by atoms with Crippen LogP contribution in [0.4, 0.5) is 0 Å². The lowest BCUT2D eigenvalue weighted by Crippen LogP contribution is -1.94. The van der Waals surface area contributed by atoms with Gasteiger partial charge in [0.25, 0.3) is 0 Å². The molecule has 0 amide bonds. The van der Waals surface area contributed by atoms with Crippen LogP contribution in [0.15, 0.2) is 35.3 Å². The van der Waals surface area contributed by atoms with Gasteiger partial charge in [-0.15, -0.1) is 11.6 Å². The highest BCUT2D eigenvalue weighted by molar-refractivity contribution is 9.10. The maximum atomic E-state index is 5.66. The van der Waals surface area contributed by atoms with Crippen LogP contribution in [0.25, 0.3) is 5.69 Å². The summed E-state index contributed by atoms with van der Waals surface area (Å²) in [5, 5.41) is 4.24. The monoisotopic (exact) mass is 285 g/mol. The van der Waals surface area contributed by atoms with Gasteiger partial charge in [0, 0.05) is 22.7 Å². The zero-order valence-electron chi connectivity index (χ0n) is 7.90. The summed E-state index contributed by atoms with van der Waals surface area (Å²) in [5.74, 6) is 0.614. The van der Waals surface area contributed by atoms with Gasteiger partial charge < -0.3 is 0 Å². The summed E-state index contributed by atoms with van der Waals surface area (Å²) in [5.41, 5.74) is 2.06. The normalized spacial score (nSPS) is 10.5. The molecule has 5 heteroatoms. The molecule has 0 aliphatic carbocycles. The van der Waals surface area contributed by atoms with Crippen LogP contribution in [-0.4, -0.2) is 20.6 Å². The van der Waals surface area contributed by atoms with Gasteiger partial charge in [-0.25, -0.2) is 4.68 Å². The number of nitrogens with zero attached hydrogens (tertiary/aromatic N) is 3. The fraction of sp³-hybridized carbons (Fsp3) is 0.200. The second kappa shape index (κ2) is 4.77. The molecule has 0 N–H and O–H groups in total. The fourth-order valence-electron chi connectivity index (χ4n) is 1.27. The Bertz CT molecular complexity index is 455. The Balaban J connectivity index is 2.29. The zero-order valence-corrected chi connectivity index (χ0v) is 10.2. The van der Waals surface area contributed by atoms with Gasteiger partial charge >= 0.3 is 0 Å². The lowest BCUT2D eigenvalue weighted by Gasteiger charge is -1.99. The van der Waals surface area contributed by atoms with E-state index in [9.17, 15) is 0 Å². The first-order valence-corrected chi connectivity index (χ1v) is 5.83. The number of hydrogen-bond donors (Lipinski definition) is 0. The summed E-state index contributed by atoms with van der Waals surface area (Å²) >= 11 is 9.03. The van der Waals surface area contributed by atoms with Crippen LogP contribution < -0.4 is 0 Å². The minimum absolute atomic E-state index is 0.614. The van der Waals surface area contributed by atoms with Gasteiger partial charge in [0.05, 0.1) is 18.1 Å². The maximum Gasteiger partial charge on any atom is 0.0840 e. The first-order chi connectivity index (χ1) is 7.29. The molecule has 0 unspecified atom stereocenters. The number of alkyl halides is 1. The molecule has 2 rings (SSSR count). The third-order valence-electron chi connectivity index (χ3n) is 1.97. The standard InChI is InChI=1S/C10H9BrClN3/c11-9-3-10(6-13-5-9)15-7-8(1-2-12)4-14-15/h3-7H,1-2H2. The molecule has 0 aliphatic rings. The third kappa shape index (κ3) is 2.58. The van der Waals surface area contributed by atoms with Crippen molar-refractivity contribution in [2.75, 3.05) is 5.88 Å². The van der Waals surface area contributed by atoms with Gasteiger partial charge in [-0.2, -0.15) is 5.10 Å². The van der Waals surface area contributed by atoms with E-state index in [4.69, 9.17) is 11.6 Å². The second-order valence-corrected chi connectivity index (χ2v) is 4.39. The summed E-state index contributed by atoms with van der Waals surface area (Å²) in [6, 6.07) is 1.96. The van der Waals surface area contributed by atoms with Gasteiger partial charge in [0.2, 0.25) is 0 Å². The highest BCUT2D eigenvalue weighted by Crippen LogP contribution is 2.13. The molecule has 0 bridgehead atoms. The lowest BCUT2D eigenvalue weighted by atomic mass is 10.3. The van der Waals surface area contributed by atoms with Gasteiger partial charge in [0.15, 0.2) is 0 Å². The van der Waals surface area contributed by atoms with Crippen molar-refractivity contribution < 1.29 is 0 Å². The van der Waals surface area contributed by atoms with E-state index in [0.29, 0.717) is 5.88 Å². The van der Waals surface area contributed by atoms with Crippen molar-refractivity contribution in [1.82, 2.24) is 14.8 Å². The van der Waals surface area contributed by atoms with E-state index in [1.807, 2.05) is 18.5 Å². The van der Waals surface area contributed by atoms with Crippen LogP contribution in [0.5, 0.6) is 0 Å². The first kappa shape index (κ1) is 10.6. The summed E-state index contributed by atoms with van der Waals surface area (Å²) in [7, 11) is 0. The Kier molecular flexibility index (Phi) is 3.38. The molecular weight excluding hydrogens is 277 g/mol. The molecule has 2 aromatic rings. The number of halogens is 2. The largest absolute Gasteiger partial charge is 0.261 e. The van der Waals surface area contributed by atoms with Crippen LogP contribution in [0.2, 0.25) is 0 Å². The fourth-order valence-corrected chi connectivity index (χ4v) is 1.84. The predicted molar refractivity (Wildman–Crippen MR) is 63.5 cm³/mol. The zero-order chi connectivity index (χ0) is 10.7. The van der Waals surface area contributed by atoms with E-state index in [2.05, 4.69) is 26.0 Å². The average Bonchev–Trinajstić information content (AvgIpc) is 2.67. The number of aromatic nitrogens is 3. The average molecular weight is 287 g/mol. The molecule has 0 saturated heterocycles. The van der Waals surface area contributed by atoms with Crippen LogP contribution in [0.3, 0.4) is 0 Å². The maximum absolute atomic E-state index is 5.66. The van der Waals surface area contributed by atoms with E-state index >= 15 is 0 Å². The van der Waals surface area contributed by atoms with Crippen molar-refractivity contribution in [3.8, 4) is 5.69 Å². The Morgan fingerprint density at radius 3 is 2.93 bits per heavy atom. The molecule has 2 heterocycles. The summed E-state index contributed by atoms with van der Waals surface area (Å²) < 4.78 is 2.73. The topological polar surface area (TPSA) is 30.7 Å². The molecule has 0 atom stereocenters. The Morgan fingerprint density at radius 2 is 2.20 bits per heavy atom. The number of rotatable bonds is 3. The molecule has 2 aromatic heterocycles. The molecule has 0 aromatic carbocycles. The van der Waals surface area contributed by atoms with Gasteiger partial charge in [-0.1, -0.05) is 0 Å². The van der Waals surface area contributed by atoms with Gasteiger partial charge in [-0.3, -0.25) is 4.98 Å². The SMILES string of the molecule is ClCCc1cnn(-c2cncc(Br)c2)c1. The van der Waals surface area contributed by atoms with Crippen LogP contribution >= 0.6 is 27.5 Å². The van der Waals surface area contributed by atoms with E-state index in [1.54, 1.807) is 17.1 Å². The number of hydrogen-bond acceptors (Lipinski definition) is 2. The second-order valence-electron chi connectivity index (χ2n) is 3.09.